The van der Waals surface area contributed by atoms with Crippen molar-refractivity contribution in [2.45, 2.75) is 44.7 Å². The fourth-order valence-corrected chi connectivity index (χ4v) is 4.64. The second kappa shape index (κ2) is 8.14. The third kappa shape index (κ3) is 4.08. The van der Waals surface area contributed by atoms with Gasteiger partial charge in [0.05, 0.1) is 10.7 Å². The maximum Gasteiger partial charge on any atom is 0.530 e. The fraction of sp³-hybridized carbons (Fsp3) is 0.421. The van der Waals surface area contributed by atoms with Gasteiger partial charge in [0.2, 0.25) is 0 Å². The third-order valence-corrected chi connectivity index (χ3v) is 6.27. The Balaban J connectivity index is 1.64. The van der Waals surface area contributed by atoms with E-state index in [0.29, 0.717) is 22.2 Å². The molecule has 1 unspecified atom stereocenters. The van der Waals surface area contributed by atoms with Crippen molar-refractivity contribution in [1.29, 1.82) is 0 Å². The van der Waals surface area contributed by atoms with Gasteiger partial charge in [-0.2, -0.15) is 0 Å². The molecule has 1 fully saturated rings. The summed E-state index contributed by atoms with van der Waals surface area (Å²) in [6, 6.07) is 3.38. The first-order valence-electron chi connectivity index (χ1n) is 10.7. The van der Waals surface area contributed by atoms with E-state index < -0.39 is 49.5 Å². The van der Waals surface area contributed by atoms with Gasteiger partial charge < -0.3 is 29.7 Å². The van der Waals surface area contributed by atoms with Gasteiger partial charge in [0.15, 0.2) is 12.0 Å². The number of hydrogen-bond donors (Lipinski definition) is 3. The zero-order chi connectivity index (χ0) is 26.1. The van der Waals surface area contributed by atoms with Crippen LogP contribution in [0.3, 0.4) is 0 Å². The number of nitrogens with one attached hydrogen (secondary N) is 1. The van der Waals surface area contributed by atoms with Crippen LogP contribution in [0.1, 0.15) is 20.8 Å². The van der Waals surface area contributed by atoms with Gasteiger partial charge in [0, 0.05) is 11.8 Å². The molecule has 1 aromatic rings. The molecule has 32 heavy (non-hydrogen) atoms. The fourth-order valence-electron chi connectivity index (χ4n) is 3.31. The standard InChI is InChI=1S/C19H21F2N2O7PS/c1-9-4-10(2)15-12(5-9)7-27-31(26,30-15)28-8-19(21)16(25)14(24)18(29-19)23-6-13(20)17(32)22-11(23)3/h4-6,14,16,18,24-25H,3,7-8H2,1-2H3,(H,22,32)/t14-,16+,18-,19-,31?/m1/s1/i8D2,18D. The molecule has 3 aliphatic heterocycles. The number of nitrogens with zero attached hydrogens (tertiary/aromatic N) is 1. The molecule has 0 radical (unpaired) electrons. The Labute approximate surface area is 192 Å². The lowest BCUT2D eigenvalue weighted by Gasteiger charge is -2.34. The number of aliphatic hydroxyl groups excluding tert-OH is 2. The van der Waals surface area contributed by atoms with Crippen molar-refractivity contribution >= 4 is 25.0 Å². The van der Waals surface area contributed by atoms with Crippen LogP contribution in [0, 0.1) is 13.8 Å². The molecule has 0 aliphatic carbocycles. The molecular weight excluding hydrogens is 469 g/mol. The second-order valence-electron chi connectivity index (χ2n) is 7.30. The van der Waals surface area contributed by atoms with Crippen LogP contribution in [0.15, 0.2) is 36.6 Å². The van der Waals surface area contributed by atoms with E-state index in [1.165, 1.54) is 0 Å². The molecule has 9 nitrogen and oxygen atoms in total. The van der Waals surface area contributed by atoms with Crippen LogP contribution >= 0.6 is 20.0 Å². The summed E-state index contributed by atoms with van der Waals surface area (Å²) in [4.78, 5) is 0.0599. The molecule has 174 valence electrons. The highest BCUT2D eigenvalue weighted by Crippen LogP contribution is 2.56. The molecule has 3 heterocycles. The van der Waals surface area contributed by atoms with E-state index in [1.54, 1.807) is 19.1 Å². The van der Waals surface area contributed by atoms with Crippen LogP contribution in [0.5, 0.6) is 5.75 Å². The first-order valence-corrected chi connectivity index (χ1v) is 11.1. The van der Waals surface area contributed by atoms with Crippen LogP contribution in [-0.2, 0) is 25.0 Å². The summed E-state index contributed by atoms with van der Waals surface area (Å²) >= 11 is 4.71. The van der Waals surface area contributed by atoms with E-state index in [0.717, 1.165) is 5.56 Å². The Hall–Kier alpha value is -1.92. The summed E-state index contributed by atoms with van der Waals surface area (Å²) in [6.07, 6.45) is -7.77. The van der Waals surface area contributed by atoms with Crippen LogP contribution in [0.4, 0.5) is 8.78 Å². The molecule has 0 bridgehead atoms. The maximum atomic E-state index is 15.9. The van der Waals surface area contributed by atoms with Gasteiger partial charge in [0.25, 0.3) is 5.85 Å². The number of fused-ring (bicyclic) bond motifs is 1. The van der Waals surface area contributed by atoms with E-state index >= 15 is 4.39 Å². The van der Waals surface area contributed by atoms with Crippen molar-refractivity contribution in [1.82, 2.24) is 10.2 Å². The SMILES string of the molecule is [2H]C([2H])(OP1(=O)OCc2cc(C)cc(C)c2O1)[C@@]1(F)O[C@@]([2H])(N2C=C(F)C(=S)NC2=C)[C@H](O)[C@@H]1O. The number of benzene rings is 1. The highest BCUT2D eigenvalue weighted by atomic mass is 32.1. The lowest BCUT2D eigenvalue weighted by molar-refractivity contribution is -0.207. The summed E-state index contributed by atoms with van der Waals surface area (Å²) in [5.41, 5.74) is 1.88. The average Bonchev–Trinajstić information content (AvgIpc) is 2.93. The number of alkyl halides is 1. The summed E-state index contributed by atoms with van der Waals surface area (Å²) in [6.45, 7) is 2.78. The summed E-state index contributed by atoms with van der Waals surface area (Å²) in [5, 5.41) is 23.1. The van der Waals surface area contributed by atoms with Crippen LogP contribution in [0.25, 0.3) is 0 Å². The Kier molecular flexibility index (Phi) is 4.97. The average molecular weight is 493 g/mol. The predicted molar refractivity (Wildman–Crippen MR) is 112 cm³/mol. The van der Waals surface area contributed by atoms with Crippen molar-refractivity contribution in [3.63, 3.8) is 0 Å². The lowest BCUT2D eigenvalue weighted by atomic mass is 10.1. The number of aliphatic hydroxyl groups is 2. The van der Waals surface area contributed by atoms with Crippen molar-refractivity contribution in [2.24, 2.45) is 0 Å². The second-order valence-corrected chi connectivity index (χ2v) is 9.22. The minimum absolute atomic E-state index is 0.0870. The molecule has 0 amide bonds. The number of ether oxygens (including phenoxy) is 1. The van der Waals surface area contributed by atoms with Gasteiger partial charge in [-0.05, 0) is 19.4 Å². The predicted octanol–water partition coefficient (Wildman–Crippen LogP) is 2.60. The Bertz CT molecular complexity index is 1210. The number of hydrogen-bond acceptors (Lipinski definition) is 9. The minimum Gasteiger partial charge on any atom is -0.403 e. The third-order valence-electron chi connectivity index (χ3n) is 4.80. The van der Waals surface area contributed by atoms with E-state index in [4.69, 9.17) is 34.6 Å². The van der Waals surface area contributed by atoms with E-state index in [9.17, 15) is 19.2 Å². The number of aryl methyl sites for hydroxylation is 2. The number of rotatable bonds is 4. The molecule has 1 aromatic carbocycles. The van der Waals surface area contributed by atoms with Crippen molar-refractivity contribution in [3.8, 4) is 5.75 Å². The first-order chi connectivity index (χ1) is 16.0. The van der Waals surface area contributed by atoms with Crippen LogP contribution < -0.4 is 9.84 Å². The monoisotopic (exact) mass is 493 g/mol. The van der Waals surface area contributed by atoms with E-state index in [2.05, 4.69) is 11.9 Å². The van der Waals surface area contributed by atoms with E-state index in [1.807, 2.05) is 6.92 Å². The quantitative estimate of drug-likeness (QED) is 0.428. The highest BCUT2D eigenvalue weighted by Gasteiger charge is 2.58. The number of phosphoric acid groups is 1. The summed E-state index contributed by atoms with van der Waals surface area (Å²) in [7, 11) is -4.84. The highest BCUT2D eigenvalue weighted by molar-refractivity contribution is 7.80. The minimum atomic E-state index is -4.84. The molecule has 3 aliphatic rings. The Morgan fingerprint density at radius 1 is 1.53 bits per heavy atom. The zero-order valence-electron chi connectivity index (χ0n) is 19.8. The largest absolute Gasteiger partial charge is 0.530 e. The molecule has 0 aromatic heterocycles. The molecule has 13 heteroatoms. The van der Waals surface area contributed by atoms with Gasteiger partial charge in [-0.25, -0.2) is 13.3 Å². The summed E-state index contributed by atoms with van der Waals surface area (Å²) < 4.78 is 87.6. The van der Waals surface area contributed by atoms with Gasteiger partial charge in [-0.1, -0.05) is 36.5 Å². The molecule has 3 N–H and O–H groups in total. The van der Waals surface area contributed by atoms with Crippen molar-refractivity contribution in [2.75, 3.05) is 6.56 Å². The number of thiocarbonyl (C=S) groups is 1. The van der Waals surface area contributed by atoms with Crippen LogP contribution in [0.2, 0.25) is 0 Å². The van der Waals surface area contributed by atoms with Gasteiger partial charge in [0.1, 0.15) is 35.3 Å². The molecule has 5 atom stereocenters. The van der Waals surface area contributed by atoms with Gasteiger partial charge in [-0.15, -0.1) is 0 Å². The van der Waals surface area contributed by atoms with Crippen molar-refractivity contribution in [3.05, 3.63) is 53.2 Å². The van der Waals surface area contributed by atoms with Crippen LogP contribution in [-0.4, -0.2) is 50.9 Å². The molecule has 4 rings (SSSR count). The molecular formula is C19H21F2N2O7PS. The van der Waals surface area contributed by atoms with Gasteiger partial charge in [-0.3, -0.25) is 9.05 Å². The summed E-state index contributed by atoms with van der Waals surface area (Å²) in [5.74, 6) is -5.36. The maximum absolute atomic E-state index is 15.9. The van der Waals surface area contributed by atoms with Gasteiger partial charge >= 0.3 is 7.82 Å². The molecule has 1 saturated heterocycles. The number of halogens is 2. The number of phosphoric ester groups is 1. The topological polar surface area (TPSA) is 110 Å². The normalized spacial score (nSPS) is 38.8. The van der Waals surface area contributed by atoms with Crippen molar-refractivity contribution < 1.29 is 46.0 Å². The molecule has 0 saturated carbocycles. The first kappa shape index (κ1) is 19.5. The lowest BCUT2D eigenvalue weighted by Crippen LogP contribution is -2.47. The Morgan fingerprint density at radius 3 is 2.97 bits per heavy atom. The van der Waals surface area contributed by atoms with E-state index in [-0.39, 0.29) is 18.2 Å². The zero-order valence-corrected chi connectivity index (χ0v) is 18.5. The molecule has 0 spiro atoms. The smallest absolute Gasteiger partial charge is 0.403 e. The Morgan fingerprint density at radius 2 is 2.25 bits per heavy atom.